The third-order valence-electron chi connectivity index (χ3n) is 5.12. The van der Waals surface area contributed by atoms with Crippen molar-refractivity contribution in [2.45, 2.75) is 31.6 Å². The van der Waals surface area contributed by atoms with E-state index in [0.29, 0.717) is 13.0 Å². The highest BCUT2D eigenvalue weighted by atomic mass is 16.4. The maximum atomic E-state index is 13.0. The Balaban J connectivity index is 1.66. The van der Waals surface area contributed by atoms with Crippen molar-refractivity contribution in [3.8, 4) is 0 Å². The topological polar surface area (TPSA) is 91.3 Å². The molecule has 3 N–H and O–H groups in total. The first kappa shape index (κ1) is 21.5. The van der Waals surface area contributed by atoms with Gasteiger partial charge in [-0.2, -0.15) is 0 Å². The number of aromatic nitrogens is 1. The zero-order valence-electron chi connectivity index (χ0n) is 17.1. The highest BCUT2D eigenvalue weighted by molar-refractivity contribution is 5.98. The van der Waals surface area contributed by atoms with E-state index in [2.05, 4.69) is 15.6 Å². The van der Waals surface area contributed by atoms with Crippen LogP contribution in [-0.2, 0) is 16.0 Å². The number of carboxylic acids is 1. The van der Waals surface area contributed by atoms with E-state index in [-0.39, 0.29) is 18.2 Å². The van der Waals surface area contributed by atoms with Crippen LogP contribution in [0, 0.1) is 0 Å². The molecule has 3 rings (SSSR count). The van der Waals surface area contributed by atoms with Crippen LogP contribution in [0.5, 0.6) is 0 Å². The number of nitrogens with one attached hydrogen (secondary N) is 2. The molecule has 0 bridgehead atoms. The summed E-state index contributed by atoms with van der Waals surface area (Å²) in [7, 11) is 1.83. The Kier molecular flexibility index (Phi) is 7.51. The summed E-state index contributed by atoms with van der Waals surface area (Å²) in [5.74, 6) is -1.13. The molecule has 0 fully saturated rings. The van der Waals surface area contributed by atoms with Crippen molar-refractivity contribution in [3.63, 3.8) is 0 Å². The van der Waals surface area contributed by atoms with Crippen molar-refractivity contribution in [1.82, 2.24) is 10.3 Å². The summed E-state index contributed by atoms with van der Waals surface area (Å²) < 4.78 is 0. The summed E-state index contributed by atoms with van der Waals surface area (Å²) in [6, 6.07) is 15.7. The number of hydrogen-bond donors (Lipinski definition) is 3. The molecule has 0 saturated carbocycles. The first-order valence-electron chi connectivity index (χ1n) is 10.2. The lowest BCUT2D eigenvalue weighted by Crippen LogP contribution is -2.29. The van der Waals surface area contributed by atoms with Gasteiger partial charge < -0.3 is 15.7 Å². The van der Waals surface area contributed by atoms with Gasteiger partial charge in [-0.3, -0.25) is 14.6 Å². The molecule has 1 amide bonds. The van der Waals surface area contributed by atoms with Crippen molar-refractivity contribution in [3.05, 3.63) is 72.1 Å². The van der Waals surface area contributed by atoms with Gasteiger partial charge in [0.2, 0.25) is 5.91 Å². The average molecular weight is 405 g/mol. The molecule has 6 nitrogen and oxygen atoms in total. The van der Waals surface area contributed by atoms with E-state index < -0.39 is 5.97 Å². The minimum Gasteiger partial charge on any atom is -0.481 e. The summed E-state index contributed by atoms with van der Waals surface area (Å²) in [6.45, 7) is 0.529. The number of pyridine rings is 1. The lowest BCUT2D eigenvalue weighted by molar-refractivity contribution is -0.137. The zero-order chi connectivity index (χ0) is 21.3. The Morgan fingerprint density at radius 3 is 2.57 bits per heavy atom. The lowest BCUT2D eigenvalue weighted by Gasteiger charge is -2.18. The van der Waals surface area contributed by atoms with E-state index in [9.17, 15) is 9.59 Å². The molecule has 0 aliphatic rings. The van der Waals surface area contributed by atoms with Crippen LogP contribution in [0.2, 0.25) is 0 Å². The molecule has 0 aliphatic heterocycles. The molecule has 0 aliphatic carbocycles. The first-order chi connectivity index (χ1) is 14.6. The third kappa shape index (κ3) is 5.87. The van der Waals surface area contributed by atoms with Crippen LogP contribution in [0.3, 0.4) is 0 Å². The molecule has 0 radical (unpaired) electrons. The van der Waals surface area contributed by atoms with Crippen molar-refractivity contribution in [2.24, 2.45) is 0 Å². The minimum atomic E-state index is -0.755. The van der Waals surface area contributed by atoms with Crippen molar-refractivity contribution in [2.75, 3.05) is 18.9 Å². The monoisotopic (exact) mass is 405 g/mol. The van der Waals surface area contributed by atoms with E-state index in [1.807, 2.05) is 55.6 Å². The molecule has 1 aromatic heterocycles. The number of anilines is 1. The number of amides is 1. The van der Waals surface area contributed by atoms with Gasteiger partial charge >= 0.3 is 5.97 Å². The van der Waals surface area contributed by atoms with Gasteiger partial charge in [-0.25, -0.2) is 0 Å². The minimum absolute atomic E-state index is 0.0630. The van der Waals surface area contributed by atoms with E-state index in [0.717, 1.165) is 40.4 Å². The average Bonchev–Trinajstić information content (AvgIpc) is 2.75. The standard InChI is InChI=1S/C24H27N3O3/c1-25-16-22(18-8-6-17(7-9-18)4-2-3-5-23(28)29)24(30)27-21-11-10-20-15-26-13-12-19(20)14-21/h6-15,22,25H,2-5,16H2,1H3,(H,27,30)(H,28,29). The predicted molar refractivity (Wildman–Crippen MR) is 119 cm³/mol. The third-order valence-corrected chi connectivity index (χ3v) is 5.12. The number of carbonyl (C=O) groups excluding carboxylic acids is 1. The van der Waals surface area contributed by atoms with E-state index >= 15 is 0 Å². The molecule has 2 aromatic carbocycles. The molecule has 0 spiro atoms. The van der Waals surface area contributed by atoms with Gasteiger partial charge in [0.1, 0.15) is 0 Å². The van der Waals surface area contributed by atoms with Crippen molar-refractivity contribution >= 4 is 28.3 Å². The molecule has 3 aromatic rings. The molecule has 1 atom stereocenters. The SMILES string of the molecule is CNCC(C(=O)Nc1ccc2cnccc2c1)c1ccc(CCCCC(=O)O)cc1. The fourth-order valence-corrected chi connectivity index (χ4v) is 3.48. The zero-order valence-corrected chi connectivity index (χ0v) is 17.1. The highest BCUT2D eigenvalue weighted by Gasteiger charge is 2.20. The fraction of sp³-hybridized carbons (Fsp3) is 0.292. The van der Waals surface area contributed by atoms with Gasteiger partial charge in [-0.15, -0.1) is 0 Å². The van der Waals surface area contributed by atoms with Crippen LogP contribution in [0.4, 0.5) is 5.69 Å². The Hall–Kier alpha value is -3.25. The number of benzene rings is 2. The number of likely N-dealkylation sites (N-methyl/N-ethyl adjacent to an activating group) is 1. The number of rotatable bonds is 10. The number of fused-ring (bicyclic) bond motifs is 1. The molecular weight excluding hydrogens is 378 g/mol. The van der Waals surface area contributed by atoms with E-state index in [1.165, 1.54) is 0 Å². The van der Waals surface area contributed by atoms with Crippen LogP contribution in [0.1, 0.15) is 36.3 Å². The number of aliphatic carboxylic acids is 1. The number of nitrogens with zero attached hydrogens (tertiary/aromatic N) is 1. The smallest absolute Gasteiger partial charge is 0.303 e. The molecule has 30 heavy (non-hydrogen) atoms. The number of unbranched alkanes of at least 4 members (excludes halogenated alkanes) is 1. The summed E-state index contributed by atoms with van der Waals surface area (Å²) in [5, 5.41) is 16.9. The number of carboxylic acid groups (broad SMARTS) is 1. The Bertz CT molecular complexity index is 1000. The van der Waals surface area contributed by atoms with Crippen molar-refractivity contribution in [1.29, 1.82) is 0 Å². The van der Waals surface area contributed by atoms with Gasteiger partial charge in [-0.05, 0) is 61.0 Å². The molecule has 1 heterocycles. The Morgan fingerprint density at radius 2 is 1.83 bits per heavy atom. The molecule has 156 valence electrons. The summed E-state index contributed by atoms with van der Waals surface area (Å²) >= 11 is 0. The van der Waals surface area contributed by atoms with Gasteiger partial charge in [0.15, 0.2) is 0 Å². The van der Waals surface area contributed by atoms with Crippen LogP contribution in [0.15, 0.2) is 60.9 Å². The molecule has 6 heteroatoms. The Labute approximate surface area is 176 Å². The molecule has 0 saturated heterocycles. The van der Waals surface area contributed by atoms with Gasteiger partial charge in [-0.1, -0.05) is 30.3 Å². The van der Waals surface area contributed by atoms with Crippen LogP contribution in [0.25, 0.3) is 10.8 Å². The molecular formula is C24H27N3O3. The van der Waals surface area contributed by atoms with E-state index in [1.54, 1.807) is 12.4 Å². The predicted octanol–water partition coefficient (Wildman–Crippen LogP) is 3.97. The Morgan fingerprint density at radius 1 is 1.03 bits per heavy atom. The maximum Gasteiger partial charge on any atom is 0.303 e. The summed E-state index contributed by atoms with van der Waals surface area (Å²) in [6.07, 6.45) is 6.08. The number of aryl methyl sites for hydroxylation is 1. The van der Waals surface area contributed by atoms with Gasteiger partial charge in [0.05, 0.1) is 5.92 Å². The molecule has 1 unspecified atom stereocenters. The van der Waals surface area contributed by atoms with E-state index in [4.69, 9.17) is 5.11 Å². The van der Waals surface area contributed by atoms with Gasteiger partial charge in [0, 0.05) is 36.4 Å². The summed E-state index contributed by atoms with van der Waals surface area (Å²) in [4.78, 5) is 27.7. The normalized spacial score (nSPS) is 11.9. The number of carbonyl (C=O) groups is 2. The second-order valence-electron chi connectivity index (χ2n) is 7.38. The fourth-order valence-electron chi connectivity index (χ4n) is 3.48. The van der Waals surface area contributed by atoms with Crippen molar-refractivity contribution < 1.29 is 14.7 Å². The van der Waals surface area contributed by atoms with Crippen LogP contribution < -0.4 is 10.6 Å². The number of hydrogen-bond acceptors (Lipinski definition) is 4. The largest absolute Gasteiger partial charge is 0.481 e. The highest BCUT2D eigenvalue weighted by Crippen LogP contribution is 2.22. The van der Waals surface area contributed by atoms with Crippen LogP contribution >= 0.6 is 0 Å². The second-order valence-corrected chi connectivity index (χ2v) is 7.38. The lowest BCUT2D eigenvalue weighted by atomic mass is 9.95. The summed E-state index contributed by atoms with van der Waals surface area (Å²) in [5.41, 5.74) is 2.85. The first-order valence-corrected chi connectivity index (χ1v) is 10.2. The van der Waals surface area contributed by atoms with Gasteiger partial charge in [0.25, 0.3) is 0 Å². The quantitative estimate of drug-likeness (QED) is 0.444. The maximum absolute atomic E-state index is 13.0. The van der Waals surface area contributed by atoms with Crippen LogP contribution in [-0.4, -0.2) is 35.6 Å². The second kappa shape index (κ2) is 10.5.